The second-order valence-electron chi connectivity index (χ2n) is 8.32. The van der Waals surface area contributed by atoms with E-state index >= 15 is 0 Å². The number of nitrogens with zero attached hydrogens (tertiary/aromatic N) is 3. The van der Waals surface area contributed by atoms with Gasteiger partial charge in [-0.3, -0.25) is 0 Å². The number of hydrogen-bond donors (Lipinski definition) is 3. The molecule has 0 aliphatic carbocycles. The lowest BCUT2D eigenvalue weighted by atomic mass is 10.1. The first-order chi connectivity index (χ1) is 15.1. The third-order valence-electron chi connectivity index (χ3n) is 6.27. The number of piperidine rings is 1. The highest BCUT2D eigenvalue weighted by atomic mass is 35.5. The summed E-state index contributed by atoms with van der Waals surface area (Å²) in [5.74, 6) is 0.542. The van der Waals surface area contributed by atoms with Crippen molar-refractivity contribution in [2.75, 3.05) is 30.7 Å². The molecule has 0 amide bonds. The van der Waals surface area contributed by atoms with Gasteiger partial charge in [0.25, 0.3) is 0 Å². The summed E-state index contributed by atoms with van der Waals surface area (Å²) >= 11 is 6.50. The van der Waals surface area contributed by atoms with Crippen LogP contribution in [-0.4, -0.2) is 46.4 Å². The fourth-order valence-electron chi connectivity index (χ4n) is 4.75. The summed E-state index contributed by atoms with van der Waals surface area (Å²) in [5.41, 5.74) is 2.70. The molecule has 5 rings (SSSR count). The number of aromatic amines is 1. The maximum atomic E-state index is 13.7. The van der Waals surface area contributed by atoms with Crippen LogP contribution in [0.5, 0.6) is 0 Å². The number of nitriles is 1. The van der Waals surface area contributed by atoms with E-state index in [2.05, 4.69) is 26.7 Å². The maximum Gasteiger partial charge on any atom is 0.223 e. The second kappa shape index (κ2) is 8.27. The van der Waals surface area contributed by atoms with Gasteiger partial charge in [-0.05, 0) is 38.3 Å². The lowest BCUT2D eigenvalue weighted by Gasteiger charge is -2.23. The zero-order chi connectivity index (χ0) is 21.4. The van der Waals surface area contributed by atoms with E-state index in [-0.39, 0.29) is 6.04 Å². The zero-order valence-electron chi connectivity index (χ0n) is 17.1. The molecule has 31 heavy (non-hydrogen) atoms. The predicted molar refractivity (Wildman–Crippen MR) is 125 cm³/mol. The minimum atomic E-state index is -2.58. The molecule has 3 N–H and O–H groups in total. The average Bonchev–Trinajstić information content (AvgIpc) is 3.42. The monoisotopic (exact) mass is 454 g/mol. The van der Waals surface area contributed by atoms with Crippen molar-refractivity contribution in [1.82, 2.24) is 20.3 Å². The number of fused-ring (bicyclic) bond motifs is 1. The van der Waals surface area contributed by atoms with E-state index in [1.54, 1.807) is 12.3 Å². The van der Waals surface area contributed by atoms with E-state index in [0.29, 0.717) is 39.9 Å². The van der Waals surface area contributed by atoms with Gasteiger partial charge in [0.15, 0.2) is 0 Å². The SMILES string of the molecule is N#Cc1ccc2c(-c3nc(NC4CCCNC4)ncc3Cl)c[nH]c2c1P1(=O)CCCC1. The lowest BCUT2D eigenvalue weighted by Crippen LogP contribution is -2.38. The highest BCUT2D eigenvalue weighted by Gasteiger charge is 2.34. The molecule has 2 aromatic heterocycles. The van der Waals surface area contributed by atoms with Gasteiger partial charge in [0.1, 0.15) is 7.14 Å². The molecule has 0 bridgehead atoms. The molecule has 160 valence electrons. The van der Waals surface area contributed by atoms with Gasteiger partial charge >= 0.3 is 0 Å². The van der Waals surface area contributed by atoms with Crippen molar-refractivity contribution in [3.63, 3.8) is 0 Å². The van der Waals surface area contributed by atoms with Crippen molar-refractivity contribution in [1.29, 1.82) is 5.26 Å². The number of H-pyrrole nitrogens is 1. The van der Waals surface area contributed by atoms with E-state index in [1.165, 1.54) is 0 Å². The van der Waals surface area contributed by atoms with Gasteiger partial charge in [0, 0.05) is 42.1 Å². The van der Waals surface area contributed by atoms with E-state index in [1.807, 2.05) is 12.3 Å². The van der Waals surface area contributed by atoms with Crippen LogP contribution in [0.1, 0.15) is 31.2 Å². The van der Waals surface area contributed by atoms with Gasteiger partial charge in [0.05, 0.1) is 39.4 Å². The maximum absolute atomic E-state index is 13.7. The molecule has 1 aromatic carbocycles. The average molecular weight is 455 g/mol. The van der Waals surface area contributed by atoms with Crippen LogP contribution in [0.3, 0.4) is 0 Å². The third-order valence-corrected chi connectivity index (χ3v) is 9.91. The lowest BCUT2D eigenvalue weighted by molar-refractivity contribution is 0.478. The molecule has 2 fully saturated rings. The molecule has 4 heterocycles. The number of aromatic nitrogens is 3. The molecule has 1 unspecified atom stereocenters. The molecule has 0 saturated carbocycles. The molecule has 1 atom stereocenters. The zero-order valence-corrected chi connectivity index (χ0v) is 18.8. The Hall–Kier alpha value is -2.39. The minimum absolute atomic E-state index is 0.281. The largest absolute Gasteiger partial charge is 0.360 e. The first-order valence-corrected chi connectivity index (χ1v) is 13.2. The topological polar surface area (TPSA) is 106 Å². The summed E-state index contributed by atoms with van der Waals surface area (Å²) < 4.78 is 13.7. The van der Waals surface area contributed by atoms with Crippen molar-refractivity contribution in [2.24, 2.45) is 0 Å². The highest BCUT2D eigenvalue weighted by Crippen LogP contribution is 2.53. The number of hydrogen-bond acceptors (Lipinski definition) is 6. The van der Waals surface area contributed by atoms with Crippen LogP contribution in [0.25, 0.3) is 22.2 Å². The minimum Gasteiger partial charge on any atom is -0.360 e. The summed E-state index contributed by atoms with van der Waals surface area (Å²) in [6.07, 6.45) is 8.84. The fourth-order valence-corrected chi connectivity index (χ4v) is 8.23. The number of rotatable bonds is 4. The Morgan fingerprint density at radius 2 is 2.10 bits per heavy atom. The standard InChI is InChI=1S/C22H24ClN6OP/c23-18-13-27-22(28-15-4-3-7-25-11-15)29-19(18)17-12-26-20-16(17)6-5-14(10-24)21(20)31(30)8-1-2-9-31/h5-6,12-13,15,25-26H,1-4,7-9,11H2,(H,27,28,29). The summed E-state index contributed by atoms with van der Waals surface area (Å²) in [6.45, 7) is 1.92. The number of halogens is 1. The van der Waals surface area contributed by atoms with Crippen LogP contribution < -0.4 is 15.9 Å². The summed E-state index contributed by atoms with van der Waals surface area (Å²) in [6, 6.07) is 6.19. The normalized spacial score (nSPS) is 20.6. The van der Waals surface area contributed by atoms with Crippen LogP contribution in [0.2, 0.25) is 5.02 Å². The van der Waals surface area contributed by atoms with Gasteiger partial charge in [-0.2, -0.15) is 5.26 Å². The van der Waals surface area contributed by atoms with Crippen molar-refractivity contribution in [3.8, 4) is 17.3 Å². The number of benzene rings is 1. The first kappa shape index (κ1) is 20.5. The van der Waals surface area contributed by atoms with Crippen molar-refractivity contribution < 1.29 is 4.57 Å². The van der Waals surface area contributed by atoms with E-state index in [9.17, 15) is 9.83 Å². The molecular weight excluding hydrogens is 431 g/mol. The van der Waals surface area contributed by atoms with Crippen LogP contribution >= 0.6 is 18.7 Å². The highest BCUT2D eigenvalue weighted by molar-refractivity contribution is 7.72. The predicted octanol–water partition coefficient (Wildman–Crippen LogP) is 4.10. The summed E-state index contributed by atoms with van der Waals surface area (Å²) in [5, 5.41) is 18.5. The second-order valence-corrected chi connectivity index (χ2v) is 11.8. The molecule has 2 aliphatic rings. The molecule has 3 aromatic rings. The molecule has 2 saturated heterocycles. The molecule has 2 aliphatic heterocycles. The third kappa shape index (κ3) is 3.74. The van der Waals surface area contributed by atoms with Crippen LogP contribution in [-0.2, 0) is 4.57 Å². The van der Waals surface area contributed by atoms with Gasteiger partial charge in [-0.15, -0.1) is 0 Å². The molecule has 0 radical (unpaired) electrons. The Morgan fingerprint density at radius 1 is 1.26 bits per heavy atom. The Balaban J connectivity index is 1.59. The molecular formula is C22H24ClN6OP. The van der Waals surface area contributed by atoms with E-state index in [4.69, 9.17) is 16.6 Å². The van der Waals surface area contributed by atoms with Crippen LogP contribution in [0.4, 0.5) is 5.95 Å². The Labute approximate surface area is 186 Å². The van der Waals surface area contributed by atoms with Crippen LogP contribution in [0, 0.1) is 11.3 Å². The summed E-state index contributed by atoms with van der Waals surface area (Å²) in [4.78, 5) is 12.4. The van der Waals surface area contributed by atoms with Gasteiger partial charge < -0.3 is 20.2 Å². The smallest absolute Gasteiger partial charge is 0.223 e. The van der Waals surface area contributed by atoms with Crippen molar-refractivity contribution >= 4 is 40.9 Å². The number of anilines is 1. The van der Waals surface area contributed by atoms with Crippen LogP contribution in [0.15, 0.2) is 24.5 Å². The van der Waals surface area contributed by atoms with Gasteiger partial charge in [0.2, 0.25) is 5.95 Å². The van der Waals surface area contributed by atoms with Crippen molar-refractivity contribution in [3.05, 3.63) is 35.1 Å². The Morgan fingerprint density at radius 3 is 2.84 bits per heavy atom. The quantitative estimate of drug-likeness (QED) is 0.512. The first-order valence-electron chi connectivity index (χ1n) is 10.7. The van der Waals surface area contributed by atoms with Crippen molar-refractivity contribution in [2.45, 2.75) is 31.7 Å². The Kier molecular flexibility index (Phi) is 5.47. The number of nitrogens with one attached hydrogen (secondary N) is 3. The molecule has 9 heteroatoms. The molecule has 7 nitrogen and oxygen atoms in total. The summed E-state index contributed by atoms with van der Waals surface area (Å²) in [7, 11) is -2.58. The Bertz CT molecular complexity index is 1220. The fraction of sp³-hybridized carbons (Fsp3) is 0.409. The van der Waals surface area contributed by atoms with E-state index in [0.717, 1.165) is 55.2 Å². The van der Waals surface area contributed by atoms with Gasteiger partial charge in [-0.1, -0.05) is 17.7 Å². The van der Waals surface area contributed by atoms with E-state index < -0.39 is 7.14 Å². The van der Waals surface area contributed by atoms with Gasteiger partial charge in [-0.25, -0.2) is 9.97 Å². The molecule has 0 spiro atoms.